The summed E-state index contributed by atoms with van der Waals surface area (Å²) in [5.41, 5.74) is 1.84. The predicted octanol–water partition coefficient (Wildman–Crippen LogP) is 2.97. The van der Waals surface area contributed by atoms with Gasteiger partial charge in [0.15, 0.2) is 0 Å². The van der Waals surface area contributed by atoms with Crippen molar-refractivity contribution < 1.29 is 19.1 Å². The molecule has 1 saturated heterocycles. The maximum absolute atomic E-state index is 13.4. The summed E-state index contributed by atoms with van der Waals surface area (Å²) in [6, 6.07) is 13.9. The van der Waals surface area contributed by atoms with E-state index in [0.29, 0.717) is 59.6 Å². The van der Waals surface area contributed by atoms with Gasteiger partial charge in [0, 0.05) is 18.1 Å². The van der Waals surface area contributed by atoms with Gasteiger partial charge >= 0.3 is 0 Å². The smallest absolute Gasteiger partial charge is 0.282 e. The van der Waals surface area contributed by atoms with Crippen molar-refractivity contribution >= 4 is 34.7 Å². The standard InChI is InChI=1S/C21H19ClN2O4/c1-27-17-5-3-2-4-16(17)24-20(25)18(14-6-8-15(22)9-7-14)19(21(24)26)23-10-12-28-13-11-23/h2-9H,10-13H2,1H3. The number of hydrogen-bond acceptors (Lipinski definition) is 5. The zero-order chi connectivity index (χ0) is 19.7. The minimum Gasteiger partial charge on any atom is -0.495 e. The molecular formula is C21H19ClN2O4. The number of methoxy groups -OCH3 is 1. The van der Waals surface area contributed by atoms with Crippen molar-refractivity contribution in [1.29, 1.82) is 0 Å². The summed E-state index contributed by atoms with van der Waals surface area (Å²) in [5, 5.41) is 0.565. The Kier molecular flexibility index (Phi) is 5.07. The Bertz CT molecular complexity index is 949. The molecule has 0 spiro atoms. The van der Waals surface area contributed by atoms with Crippen LogP contribution in [0, 0.1) is 0 Å². The van der Waals surface area contributed by atoms with E-state index in [9.17, 15) is 9.59 Å². The Morgan fingerprint density at radius 1 is 0.964 bits per heavy atom. The lowest BCUT2D eigenvalue weighted by Crippen LogP contribution is -2.40. The third-order valence-corrected chi connectivity index (χ3v) is 5.10. The lowest BCUT2D eigenvalue weighted by Gasteiger charge is -2.29. The average molecular weight is 399 g/mol. The van der Waals surface area contributed by atoms with Crippen LogP contribution in [0.1, 0.15) is 5.56 Å². The second-order valence-corrected chi connectivity index (χ2v) is 6.88. The van der Waals surface area contributed by atoms with Gasteiger partial charge in [-0.05, 0) is 29.8 Å². The second-order valence-electron chi connectivity index (χ2n) is 6.45. The Morgan fingerprint density at radius 2 is 1.64 bits per heavy atom. The number of morpholine rings is 1. The predicted molar refractivity (Wildman–Crippen MR) is 106 cm³/mol. The molecule has 0 aliphatic carbocycles. The van der Waals surface area contributed by atoms with E-state index in [-0.39, 0.29) is 11.8 Å². The fourth-order valence-corrected chi connectivity index (χ4v) is 3.63. The molecule has 0 unspecified atom stereocenters. The van der Waals surface area contributed by atoms with Gasteiger partial charge in [-0.15, -0.1) is 0 Å². The molecule has 2 heterocycles. The topological polar surface area (TPSA) is 59.1 Å². The van der Waals surface area contributed by atoms with Gasteiger partial charge in [-0.2, -0.15) is 0 Å². The van der Waals surface area contributed by atoms with Crippen LogP contribution >= 0.6 is 11.6 Å². The Hall–Kier alpha value is -2.83. The van der Waals surface area contributed by atoms with Crippen LogP contribution in [-0.4, -0.2) is 50.1 Å². The SMILES string of the molecule is COc1ccccc1N1C(=O)C(c2ccc(Cl)cc2)=C(N2CCOCC2)C1=O. The van der Waals surface area contributed by atoms with Crippen molar-refractivity contribution in [3.05, 3.63) is 64.8 Å². The normalized spacial score (nSPS) is 17.5. The van der Waals surface area contributed by atoms with Gasteiger partial charge in [-0.25, -0.2) is 4.90 Å². The van der Waals surface area contributed by atoms with Gasteiger partial charge in [0.2, 0.25) is 0 Å². The van der Waals surface area contributed by atoms with E-state index in [1.807, 2.05) is 4.90 Å². The minimum atomic E-state index is -0.377. The van der Waals surface area contributed by atoms with E-state index in [0.717, 1.165) is 0 Å². The number of carbonyl (C=O) groups excluding carboxylic acids is 2. The van der Waals surface area contributed by atoms with Crippen molar-refractivity contribution in [2.75, 3.05) is 38.3 Å². The molecule has 0 N–H and O–H groups in total. The number of benzene rings is 2. The van der Waals surface area contributed by atoms with E-state index in [1.54, 1.807) is 48.5 Å². The largest absolute Gasteiger partial charge is 0.495 e. The molecule has 0 radical (unpaired) electrons. The van der Waals surface area contributed by atoms with Crippen molar-refractivity contribution in [2.45, 2.75) is 0 Å². The number of amides is 2. The molecule has 0 aromatic heterocycles. The van der Waals surface area contributed by atoms with Crippen molar-refractivity contribution in [2.24, 2.45) is 0 Å². The first-order chi connectivity index (χ1) is 13.6. The number of para-hydroxylation sites is 2. The van der Waals surface area contributed by atoms with Gasteiger partial charge in [-0.3, -0.25) is 9.59 Å². The molecule has 4 rings (SSSR count). The molecule has 0 saturated carbocycles. The monoisotopic (exact) mass is 398 g/mol. The summed E-state index contributed by atoms with van der Waals surface area (Å²) < 4.78 is 10.8. The molecule has 2 aromatic rings. The van der Waals surface area contributed by atoms with E-state index >= 15 is 0 Å². The Morgan fingerprint density at radius 3 is 2.32 bits per heavy atom. The maximum atomic E-state index is 13.4. The highest BCUT2D eigenvalue weighted by molar-refractivity contribution is 6.45. The molecule has 2 aromatic carbocycles. The van der Waals surface area contributed by atoms with Crippen molar-refractivity contribution in [3.63, 3.8) is 0 Å². The van der Waals surface area contributed by atoms with E-state index < -0.39 is 0 Å². The summed E-state index contributed by atoms with van der Waals surface area (Å²) in [4.78, 5) is 29.9. The molecule has 144 valence electrons. The number of halogens is 1. The number of anilines is 1. The van der Waals surface area contributed by atoms with Crippen LogP contribution in [0.4, 0.5) is 5.69 Å². The minimum absolute atomic E-state index is 0.360. The van der Waals surface area contributed by atoms with Crippen LogP contribution in [0.3, 0.4) is 0 Å². The first-order valence-corrected chi connectivity index (χ1v) is 9.34. The molecule has 6 nitrogen and oxygen atoms in total. The molecule has 28 heavy (non-hydrogen) atoms. The average Bonchev–Trinajstić information content (AvgIpc) is 2.99. The lowest BCUT2D eigenvalue weighted by molar-refractivity contribution is -0.121. The van der Waals surface area contributed by atoms with Gasteiger partial charge in [0.25, 0.3) is 11.8 Å². The summed E-state index contributed by atoms with van der Waals surface area (Å²) >= 11 is 6.01. The summed E-state index contributed by atoms with van der Waals surface area (Å²) in [5.74, 6) is -0.275. The molecule has 2 aliphatic heterocycles. The van der Waals surface area contributed by atoms with Crippen LogP contribution in [-0.2, 0) is 14.3 Å². The summed E-state index contributed by atoms with van der Waals surface area (Å²) in [6.07, 6.45) is 0. The molecule has 0 atom stereocenters. The van der Waals surface area contributed by atoms with E-state index in [2.05, 4.69) is 0 Å². The molecule has 2 amide bonds. The van der Waals surface area contributed by atoms with Crippen LogP contribution in [0.15, 0.2) is 54.2 Å². The highest BCUT2D eigenvalue weighted by Crippen LogP contribution is 2.38. The van der Waals surface area contributed by atoms with Gasteiger partial charge in [0.05, 0.1) is 31.6 Å². The summed E-state index contributed by atoms with van der Waals surface area (Å²) in [7, 11) is 1.51. The molecule has 7 heteroatoms. The van der Waals surface area contributed by atoms with Crippen molar-refractivity contribution in [3.8, 4) is 5.75 Å². The van der Waals surface area contributed by atoms with Crippen LogP contribution in [0.2, 0.25) is 5.02 Å². The first kappa shape index (κ1) is 18.5. The number of rotatable bonds is 4. The zero-order valence-corrected chi connectivity index (χ0v) is 16.1. The number of nitrogens with zero attached hydrogens (tertiary/aromatic N) is 2. The molecular weight excluding hydrogens is 380 g/mol. The number of carbonyl (C=O) groups is 2. The van der Waals surface area contributed by atoms with Crippen LogP contribution < -0.4 is 9.64 Å². The highest BCUT2D eigenvalue weighted by atomic mass is 35.5. The number of imide groups is 1. The van der Waals surface area contributed by atoms with Crippen LogP contribution in [0.25, 0.3) is 5.57 Å². The molecule has 0 bridgehead atoms. The van der Waals surface area contributed by atoms with Gasteiger partial charge in [0.1, 0.15) is 11.4 Å². The number of ether oxygens (including phenoxy) is 2. The number of hydrogen-bond donors (Lipinski definition) is 0. The van der Waals surface area contributed by atoms with Gasteiger partial charge in [-0.1, -0.05) is 35.9 Å². The fourth-order valence-electron chi connectivity index (χ4n) is 3.51. The molecule has 2 aliphatic rings. The fraction of sp³-hybridized carbons (Fsp3) is 0.238. The van der Waals surface area contributed by atoms with Gasteiger partial charge < -0.3 is 14.4 Å². The van der Waals surface area contributed by atoms with Crippen molar-refractivity contribution in [1.82, 2.24) is 4.90 Å². The van der Waals surface area contributed by atoms with E-state index in [1.165, 1.54) is 12.0 Å². The highest BCUT2D eigenvalue weighted by Gasteiger charge is 2.43. The van der Waals surface area contributed by atoms with Crippen LogP contribution in [0.5, 0.6) is 5.75 Å². The Labute approximate surface area is 167 Å². The summed E-state index contributed by atoms with van der Waals surface area (Å²) in [6.45, 7) is 2.11. The third kappa shape index (κ3) is 3.15. The Balaban J connectivity index is 1.84. The lowest BCUT2D eigenvalue weighted by atomic mass is 10.0. The maximum Gasteiger partial charge on any atom is 0.282 e. The van der Waals surface area contributed by atoms with E-state index in [4.69, 9.17) is 21.1 Å². The zero-order valence-electron chi connectivity index (χ0n) is 15.4. The molecule has 1 fully saturated rings. The quantitative estimate of drug-likeness (QED) is 0.741. The first-order valence-electron chi connectivity index (χ1n) is 8.96. The second kappa shape index (κ2) is 7.66. The third-order valence-electron chi connectivity index (χ3n) is 4.85.